The summed E-state index contributed by atoms with van der Waals surface area (Å²) >= 11 is 1.44. The molecule has 0 unspecified atom stereocenters. The van der Waals surface area contributed by atoms with Crippen molar-refractivity contribution in [3.05, 3.63) is 11.7 Å². The monoisotopic (exact) mass is 427 g/mol. The van der Waals surface area contributed by atoms with Gasteiger partial charge in [0.1, 0.15) is 0 Å². The van der Waals surface area contributed by atoms with Crippen LogP contribution in [0.25, 0.3) is 0 Å². The first kappa shape index (κ1) is 22.7. The van der Waals surface area contributed by atoms with Crippen molar-refractivity contribution in [1.82, 2.24) is 20.4 Å². The minimum atomic E-state index is -0.553. The molecule has 2 aliphatic rings. The zero-order chi connectivity index (χ0) is 21.4. The highest BCUT2D eigenvalue weighted by molar-refractivity contribution is 7.99. The SMILES string of the molecule is Cc1noc(CSCC(=O)N2CC[C@@H]3C[C@@H](C(=O)NCC(N)=O)[C@@H]3C2)n1.O=CO. The Hall–Kier alpha value is -2.63. The van der Waals surface area contributed by atoms with Crippen LogP contribution in [0.3, 0.4) is 0 Å². The van der Waals surface area contributed by atoms with Crippen LogP contribution in [0.2, 0.25) is 0 Å². The van der Waals surface area contributed by atoms with E-state index in [-0.39, 0.29) is 36.7 Å². The van der Waals surface area contributed by atoms with E-state index in [0.717, 1.165) is 19.4 Å². The highest BCUT2D eigenvalue weighted by Crippen LogP contribution is 2.45. The van der Waals surface area contributed by atoms with Gasteiger partial charge >= 0.3 is 0 Å². The normalized spacial score (nSPS) is 22.4. The van der Waals surface area contributed by atoms with Crippen LogP contribution >= 0.6 is 11.8 Å². The number of nitrogens with one attached hydrogen (secondary N) is 1. The Balaban J connectivity index is 0.000000941. The van der Waals surface area contributed by atoms with E-state index in [1.54, 1.807) is 6.92 Å². The molecule has 11 nitrogen and oxygen atoms in total. The number of piperidine rings is 1. The number of nitrogens with two attached hydrogens (primary N) is 1. The van der Waals surface area contributed by atoms with E-state index < -0.39 is 5.91 Å². The molecule has 2 fully saturated rings. The van der Waals surface area contributed by atoms with Gasteiger partial charge in [-0.1, -0.05) is 5.16 Å². The van der Waals surface area contributed by atoms with Gasteiger partial charge in [0.2, 0.25) is 23.6 Å². The van der Waals surface area contributed by atoms with Crippen molar-refractivity contribution in [2.24, 2.45) is 23.5 Å². The summed E-state index contributed by atoms with van der Waals surface area (Å²) in [7, 11) is 0. The molecule has 0 bridgehead atoms. The molecule has 1 aromatic heterocycles. The van der Waals surface area contributed by atoms with Crippen molar-refractivity contribution >= 4 is 36.0 Å². The smallest absolute Gasteiger partial charge is 0.290 e. The summed E-state index contributed by atoms with van der Waals surface area (Å²) in [5.74, 6) is 1.84. The molecular formula is C17H25N5O6S. The molecule has 1 saturated carbocycles. The Morgan fingerprint density at radius 3 is 2.79 bits per heavy atom. The fourth-order valence-electron chi connectivity index (χ4n) is 3.63. The summed E-state index contributed by atoms with van der Waals surface area (Å²) < 4.78 is 5.03. The highest BCUT2D eigenvalue weighted by atomic mass is 32.2. The van der Waals surface area contributed by atoms with E-state index in [2.05, 4.69) is 15.5 Å². The van der Waals surface area contributed by atoms with Gasteiger partial charge in [0.15, 0.2) is 5.82 Å². The number of hydrogen-bond donors (Lipinski definition) is 3. The Kier molecular flexibility index (Phi) is 8.43. The minimum Gasteiger partial charge on any atom is -0.483 e. The zero-order valence-corrected chi connectivity index (χ0v) is 16.9. The van der Waals surface area contributed by atoms with Gasteiger partial charge in [-0.2, -0.15) is 4.98 Å². The number of amides is 3. The maximum atomic E-state index is 12.4. The second-order valence-corrected chi connectivity index (χ2v) is 7.90. The lowest BCUT2D eigenvalue weighted by Crippen LogP contribution is -2.56. The van der Waals surface area contributed by atoms with Crippen LogP contribution in [0.15, 0.2) is 4.52 Å². The molecule has 0 spiro atoms. The molecule has 1 aromatic rings. The summed E-state index contributed by atoms with van der Waals surface area (Å²) in [6, 6.07) is 0. The van der Waals surface area contributed by atoms with Gasteiger partial charge in [0.05, 0.1) is 18.1 Å². The van der Waals surface area contributed by atoms with Crippen molar-refractivity contribution in [1.29, 1.82) is 0 Å². The third-order valence-electron chi connectivity index (χ3n) is 5.03. The first-order chi connectivity index (χ1) is 13.8. The van der Waals surface area contributed by atoms with E-state index in [0.29, 0.717) is 35.7 Å². The Morgan fingerprint density at radius 2 is 2.17 bits per heavy atom. The van der Waals surface area contributed by atoms with Crippen molar-refractivity contribution in [2.75, 3.05) is 25.4 Å². The molecule has 0 radical (unpaired) electrons. The largest absolute Gasteiger partial charge is 0.483 e. The lowest BCUT2D eigenvalue weighted by molar-refractivity contribution is -0.144. The van der Waals surface area contributed by atoms with Gasteiger partial charge in [-0.25, -0.2) is 0 Å². The summed E-state index contributed by atoms with van der Waals surface area (Å²) in [6.45, 7) is 2.69. The summed E-state index contributed by atoms with van der Waals surface area (Å²) in [4.78, 5) is 49.7. The van der Waals surface area contributed by atoms with Crippen LogP contribution in [0, 0.1) is 24.7 Å². The number of thioether (sulfide) groups is 1. The molecule has 1 aliphatic heterocycles. The molecule has 3 rings (SSSR count). The average Bonchev–Trinajstić information content (AvgIpc) is 3.06. The van der Waals surface area contributed by atoms with Crippen LogP contribution in [0.4, 0.5) is 0 Å². The van der Waals surface area contributed by atoms with Crippen LogP contribution in [0.5, 0.6) is 0 Å². The number of aryl methyl sites for hydroxylation is 1. The number of likely N-dealkylation sites (tertiary alicyclic amines) is 1. The van der Waals surface area contributed by atoms with Crippen LogP contribution in [-0.2, 0) is 24.9 Å². The second-order valence-electron chi connectivity index (χ2n) is 6.91. The predicted molar refractivity (Wildman–Crippen MR) is 102 cm³/mol. The van der Waals surface area contributed by atoms with Gasteiger partial charge < -0.3 is 25.6 Å². The topological polar surface area (TPSA) is 169 Å². The van der Waals surface area contributed by atoms with Crippen LogP contribution in [-0.4, -0.2) is 69.7 Å². The molecule has 3 atom stereocenters. The standard InChI is InChI=1S/C16H23N5O4S.CH2O2/c1-9-19-14(25-20-9)7-26-8-15(23)21-3-2-10-4-11(12(10)6-21)16(24)18-5-13(17)22;2-1-3/h10-12H,2-8H2,1H3,(H2,17,22)(H,18,24);1H,(H,2,3)/t10-,11-,12-;/m1./s1. The summed E-state index contributed by atoms with van der Waals surface area (Å²) in [5.41, 5.74) is 5.06. The lowest BCUT2D eigenvalue weighted by Gasteiger charge is -2.50. The quantitative estimate of drug-likeness (QED) is 0.481. The van der Waals surface area contributed by atoms with Crippen LogP contribution < -0.4 is 11.1 Å². The number of rotatable bonds is 7. The Bertz CT molecular complexity index is 742. The van der Waals surface area contributed by atoms with Gasteiger partial charge in [-0.3, -0.25) is 19.2 Å². The molecule has 3 amide bonds. The van der Waals surface area contributed by atoms with E-state index in [9.17, 15) is 14.4 Å². The van der Waals surface area contributed by atoms with Crippen molar-refractivity contribution < 1.29 is 28.8 Å². The van der Waals surface area contributed by atoms with Crippen molar-refractivity contribution in [3.63, 3.8) is 0 Å². The van der Waals surface area contributed by atoms with Crippen molar-refractivity contribution in [3.8, 4) is 0 Å². The van der Waals surface area contributed by atoms with Gasteiger partial charge in [0, 0.05) is 19.0 Å². The number of carbonyl (C=O) groups excluding carboxylic acids is 3. The number of hydrogen-bond acceptors (Lipinski definition) is 8. The third kappa shape index (κ3) is 6.44. The number of carbonyl (C=O) groups is 4. The Morgan fingerprint density at radius 1 is 1.45 bits per heavy atom. The third-order valence-corrected chi connectivity index (χ3v) is 5.93. The average molecular weight is 427 g/mol. The molecule has 0 aromatic carbocycles. The van der Waals surface area contributed by atoms with Crippen molar-refractivity contribution in [2.45, 2.75) is 25.5 Å². The first-order valence-electron chi connectivity index (χ1n) is 9.14. The van der Waals surface area contributed by atoms with E-state index in [1.165, 1.54) is 11.8 Å². The Labute approximate surface area is 171 Å². The highest BCUT2D eigenvalue weighted by Gasteiger charge is 2.48. The first-order valence-corrected chi connectivity index (χ1v) is 10.3. The maximum absolute atomic E-state index is 12.4. The number of fused-ring (bicyclic) bond motifs is 1. The number of nitrogens with zero attached hydrogens (tertiary/aromatic N) is 3. The molecule has 4 N–H and O–H groups in total. The molecule has 160 valence electrons. The number of primary amides is 1. The summed E-state index contributed by atoms with van der Waals surface area (Å²) in [5, 5.41) is 13.2. The molecule has 1 saturated heterocycles. The zero-order valence-electron chi connectivity index (χ0n) is 16.1. The fraction of sp³-hybridized carbons (Fsp3) is 0.647. The lowest BCUT2D eigenvalue weighted by atomic mass is 9.61. The van der Waals surface area contributed by atoms with Gasteiger partial charge in [-0.15, -0.1) is 11.8 Å². The van der Waals surface area contributed by atoms with E-state index in [4.69, 9.17) is 20.2 Å². The van der Waals surface area contributed by atoms with Gasteiger partial charge in [-0.05, 0) is 31.6 Å². The maximum Gasteiger partial charge on any atom is 0.290 e. The summed E-state index contributed by atoms with van der Waals surface area (Å²) in [6.07, 6.45) is 1.74. The van der Waals surface area contributed by atoms with E-state index in [1.807, 2.05) is 4.90 Å². The van der Waals surface area contributed by atoms with Gasteiger partial charge in [0.25, 0.3) is 6.47 Å². The number of carboxylic acid groups (broad SMARTS) is 1. The number of aromatic nitrogens is 2. The predicted octanol–water partition coefficient (Wildman–Crippen LogP) is -0.602. The minimum absolute atomic E-state index is 0.0629. The molecule has 12 heteroatoms. The second kappa shape index (κ2) is 10.8. The molecule has 1 aliphatic carbocycles. The van der Waals surface area contributed by atoms with E-state index >= 15 is 0 Å². The van der Waals surface area contributed by atoms with Crippen LogP contribution in [0.1, 0.15) is 24.6 Å². The molecule has 2 heterocycles. The fourth-order valence-corrected chi connectivity index (χ4v) is 4.38. The molecular weight excluding hydrogens is 402 g/mol. The molecule has 29 heavy (non-hydrogen) atoms.